The number of nitrogens with one attached hydrogen (secondary N) is 2. The standard InChI is InChI=1S/C23H25ClN4O5/c1-13(20(30)28-18-11-7-6-10-16(18)26-21(31)23(28,2)3)33-19(29)12-17(27-22(25)32)14-8-4-5-9-15(14)24/h4-11,13,17H,12H2,1-3H3,(H,26,31)(H3,25,27,32)/t13-,17-/m1/s1. The molecule has 4 amide bonds. The van der Waals surface area contributed by atoms with Crippen molar-refractivity contribution < 1.29 is 23.9 Å². The summed E-state index contributed by atoms with van der Waals surface area (Å²) in [6.45, 7) is 4.64. The van der Waals surface area contributed by atoms with E-state index in [1.807, 2.05) is 0 Å². The number of ether oxygens (including phenoxy) is 1. The summed E-state index contributed by atoms with van der Waals surface area (Å²) in [6.07, 6.45) is -1.50. The smallest absolute Gasteiger partial charge is 0.312 e. The zero-order valence-electron chi connectivity index (χ0n) is 18.4. The molecule has 33 heavy (non-hydrogen) atoms. The van der Waals surface area contributed by atoms with Crippen LogP contribution in [0, 0.1) is 0 Å². The van der Waals surface area contributed by atoms with E-state index in [1.165, 1.54) is 11.8 Å². The van der Waals surface area contributed by atoms with E-state index < -0.39 is 35.6 Å². The number of esters is 1. The van der Waals surface area contributed by atoms with Crippen LogP contribution in [0.15, 0.2) is 48.5 Å². The molecule has 0 radical (unpaired) electrons. The van der Waals surface area contributed by atoms with Gasteiger partial charge >= 0.3 is 12.0 Å². The summed E-state index contributed by atoms with van der Waals surface area (Å²) in [4.78, 5) is 51.4. The quantitative estimate of drug-likeness (QED) is 0.556. The maximum absolute atomic E-state index is 13.3. The number of amides is 4. The SMILES string of the molecule is C[C@@H](OC(=O)C[C@@H](NC(N)=O)c1ccccc1Cl)C(=O)N1c2ccccc2NC(=O)C1(C)C. The van der Waals surface area contributed by atoms with Crippen LogP contribution in [-0.2, 0) is 19.1 Å². The van der Waals surface area contributed by atoms with Crippen molar-refractivity contribution >= 4 is 46.8 Å². The molecule has 9 nitrogen and oxygen atoms in total. The van der Waals surface area contributed by atoms with Gasteiger partial charge in [0, 0.05) is 5.02 Å². The van der Waals surface area contributed by atoms with Crippen molar-refractivity contribution in [3.8, 4) is 0 Å². The number of nitrogens with zero attached hydrogens (tertiary/aromatic N) is 1. The number of primary amides is 1. The topological polar surface area (TPSA) is 131 Å². The van der Waals surface area contributed by atoms with Crippen molar-refractivity contribution in [2.24, 2.45) is 5.73 Å². The molecule has 2 aromatic rings. The van der Waals surface area contributed by atoms with Crippen LogP contribution in [0.4, 0.5) is 16.2 Å². The number of rotatable bonds is 6. The Labute approximate surface area is 196 Å². The van der Waals surface area contributed by atoms with Gasteiger partial charge < -0.3 is 21.1 Å². The summed E-state index contributed by atoms with van der Waals surface area (Å²) in [7, 11) is 0. The average Bonchev–Trinajstić information content (AvgIpc) is 2.73. The summed E-state index contributed by atoms with van der Waals surface area (Å²) in [5, 5.41) is 5.59. The van der Waals surface area contributed by atoms with Gasteiger partial charge in [-0.15, -0.1) is 0 Å². The summed E-state index contributed by atoms with van der Waals surface area (Å²) in [5.74, 6) is -1.67. The van der Waals surface area contributed by atoms with Crippen molar-refractivity contribution in [2.45, 2.75) is 44.9 Å². The molecule has 0 bridgehead atoms. The Balaban J connectivity index is 1.78. The van der Waals surface area contributed by atoms with Gasteiger partial charge in [0.05, 0.1) is 23.8 Å². The fourth-order valence-corrected chi connectivity index (χ4v) is 3.93. The van der Waals surface area contributed by atoms with E-state index in [0.717, 1.165) is 0 Å². The highest BCUT2D eigenvalue weighted by atomic mass is 35.5. The first-order valence-corrected chi connectivity index (χ1v) is 10.6. The lowest BCUT2D eigenvalue weighted by Crippen LogP contribution is -2.60. The van der Waals surface area contributed by atoms with Crippen molar-refractivity contribution in [1.29, 1.82) is 0 Å². The molecule has 0 saturated carbocycles. The molecule has 0 unspecified atom stereocenters. The summed E-state index contributed by atoms with van der Waals surface area (Å²) >= 11 is 6.19. The molecule has 0 saturated heterocycles. The highest BCUT2D eigenvalue weighted by Gasteiger charge is 2.45. The van der Waals surface area contributed by atoms with Gasteiger partial charge in [0.2, 0.25) is 5.91 Å². The Morgan fingerprint density at radius 1 is 1.15 bits per heavy atom. The third kappa shape index (κ3) is 5.09. The van der Waals surface area contributed by atoms with Crippen molar-refractivity contribution in [1.82, 2.24) is 5.32 Å². The average molecular weight is 473 g/mol. The number of para-hydroxylation sites is 2. The van der Waals surface area contributed by atoms with E-state index in [2.05, 4.69) is 10.6 Å². The van der Waals surface area contributed by atoms with Gasteiger partial charge in [-0.25, -0.2) is 4.79 Å². The van der Waals surface area contributed by atoms with Crippen LogP contribution >= 0.6 is 11.6 Å². The van der Waals surface area contributed by atoms with Crippen LogP contribution in [0.3, 0.4) is 0 Å². The number of hydrogen-bond donors (Lipinski definition) is 3. The van der Waals surface area contributed by atoms with Gasteiger partial charge in [0.15, 0.2) is 6.10 Å². The number of carbonyl (C=O) groups is 4. The first-order chi connectivity index (χ1) is 15.5. The van der Waals surface area contributed by atoms with Gasteiger partial charge in [0.25, 0.3) is 5.91 Å². The Morgan fingerprint density at radius 2 is 1.79 bits per heavy atom. The fourth-order valence-electron chi connectivity index (χ4n) is 3.66. The Bertz CT molecular complexity index is 1100. The van der Waals surface area contributed by atoms with E-state index in [-0.39, 0.29) is 12.3 Å². The molecule has 1 heterocycles. The first-order valence-electron chi connectivity index (χ1n) is 10.3. The molecule has 1 aliphatic heterocycles. The number of anilines is 2. The third-order valence-corrected chi connectivity index (χ3v) is 5.70. The number of nitrogens with two attached hydrogens (primary N) is 1. The molecular weight excluding hydrogens is 448 g/mol. The molecule has 2 aromatic carbocycles. The largest absolute Gasteiger partial charge is 0.452 e. The Morgan fingerprint density at radius 3 is 2.45 bits per heavy atom. The zero-order chi connectivity index (χ0) is 24.3. The van der Waals surface area contributed by atoms with E-state index >= 15 is 0 Å². The molecule has 0 fully saturated rings. The van der Waals surface area contributed by atoms with Crippen LogP contribution in [0.2, 0.25) is 5.02 Å². The van der Waals surface area contributed by atoms with Crippen LogP contribution in [0.25, 0.3) is 0 Å². The van der Waals surface area contributed by atoms with Gasteiger partial charge in [-0.3, -0.25) is 19.3 Å². The van der Waals surface area contributed by atoms with Gasteiger partial charge in [-0.2, -0.15) is 0 Å². The van der Waals surface area contributed by atoms with Crippen molar-refractivity contribution in [3.63, 3.8) is 0 Å². The van der Waals surface area contributed by atoms with E-state index in [0.29, 0.717) is 22.0 Å². The van der Waals surface area contributed by atoms with Gasteiger partial charge in [-0.1, -0.05) is 41.9 Å². The Hall–Kier alpha value is -3.59. The maximum Gasteiger partial charge on any atom is 0.312 e. The number of carbonyl (C=O) groups excluding carboxylic acids is 4. The molecule has 0 aliphatic carbocycles. The number of benzene rings is 2. The molecule has 1 aliphatic rings. The molecule has 174 valence electrons. The molecular formula is C23H25ClN4O5. The number of hydrogen-bond acceptors (Lipinski definition) is 5. The number of halogens is 1. The second-order valence-electron chi connectivity index (χ2n) is 8.12. The first kappa shape index (κ1) is 24.1. The van der Waals surface area contributed by atoms with E-state index in [4.69, 9.17) is 22.1 Å². The monoisotopic (exact) mass is 472 g/mol. The predicted octanol–water partition coefficient (Wildman–Crippen LogP) is 3.14. The number of fused-ring (bicyclic) bond motifs is 1. The number of urea groups is 1. The minimum atomic E-state index is -1.21. The lowest BCUT2D eigenvalue weighted by Gasteiger charge is -2.42. The summed E-state index contributed by atoms with van der Waals surface area (Å²) in [6, 6.07) is 11.9. The van der Waals surface area contributed by atoms with E-state index in [9.17, 15) is 19.2 Å². The third-order valence-electron chi connectivity index (χ3n) is 5.35. The molecule has 0 spiro atoms. The van der Waals surface area contributed by atoms with Gasteiger partial charge in [0.1, 0.15) is 5.54 Å². The highest BCUT2D eigenvalue weighted by Crippen LogP contribution is 2.37. The molecule has 0 aromatic heterocycles. The second kappa shape index (κ2) is 9.50. The molecule has 3 rings (SSSR count). The lowest BCUT2D eigenvalue weighted by atomic mass is 9.95. The molecule has 4 N–H and O–H groups in total. The van der Waals surface area contributed by atoms with Crippen LogP contribution in [-0.4, -0.2) is 35.5 Å². The van der Waals surface area contributed by atoms with Crippen LogP contribution in [0.5, 0.6) is 0 Å². The lowest BCUT2D eigenvalue weighted by molar-refractivity contribution is -0.154. The van der Waals surface area contributed by atoms with Crippen molar-refractivity contribution in [3.05, 3.63) is 59.1 Å². The highest BCUT2D eigenvalue weighted by molar-refractivity contribution is 6.31. The van der Waals surface area contributed by atoms with Crippen LogP contribution in [0.1, 0.15) is 38.8 Å². The summed E-state index contributed by atoms with van der Waals surface area (Å²) in [5.41, 5.74) is 5.51. The van der Waals surface area contributed by atoms with Gasteiger partial charge in [-0.05, 0) is 44.5 Å². The van der Waals surface area contributed by atoms with Crippen LogP contribution < -0.4 is 21.3 Å². The predicted molar refractivity (Wildman–Crippen MR) is 124 cm³/mol. The van der Waals surface area contributed by atoms with E-state index in [1.54, 1.807) is 62.4 Å². The fraction of sp³-hybridized carbons (Fsp3) is 0.304. The van der Waals surface area contributed by atoms with Crippen molar-refractivity contribution in [2.75, 3.05) is 10.2 Å². The summed E-state index contributed by atoms with van der Waals surface area (Å²) < 4.78 is 5.39. The zero-order valence-corrected chi connectivity index (χ0v) is 19.2. The second-order valence-corrected chi connectivity index (χ2v) is 8.53. The maximum atomic E-state index is 13.3. The molecule has 10 heteroatoms. The minimum absolute atomic E-state index is 0.301. The minimum Gasteiger partial charge on any atom is -0.452 e. The Kier molecular flexibility index (Phi) is 6.92. The normalized spacial score (nSPS) is 16.1. The molecule has 2 atom stereocenters.